The first kappa shape index (κ1) is 18.4. The van der Waals surface area contributed by atoms with E-state index in [-0.39, 0.29) is 0 Å². The first-order valence-electron chi connectivity index (χ1n) is 8.24. The van der Waals surface area contributed by atoms with Gasteiger partial charge in [0.25, 0.3) is 0 Å². The third-order valence-corrected chi connectivity index (χ3v) is 3.47. The van der Waals surface area contributed by atoms with Crippen LogP contribution in [0.1, 0.15) is 78.1 Å². The molecule has 0 saturated carbocycles. The second-order valence-electron chi connectivity index (χ2n) is 5.39. The number of hydrogen-bond acceptors (Lipinski definition) is 2. The Balaban J connectivity index is 3.62. The molecule has 0 aromatic carbocycles. The lowest BCUT2D eigenvalue weighted by Gasteiger charge is -2.21. The van der Waals surface area contributed by atoms with E-state index in [0.717, 1.165) is 38.8 Å². The van der Waals surface area contributed by atoms with Gasteiger partial charge in [-0.3, -0.25) is 4.79 Å². The molecule has 0 bridgehead atoms. The normalized spacial score (nSPS) is 10.7. The summed E-state index contributed by atoms with van der Waals surface area (Å²) in [6.07, 6.45) is 11.5. The highest BCUT2D eigenvalue weighted by Gasteiger charge is 2.11. The molecule has 0 aliphatic carbocycles. The van der Waals surface area contributed by atoms with Gasteiger partial charge in [-0.1, -0.05) is 52.4 Å². The monoisotopic (exact) mass is 270 g/mol. The van der Waals surface area contributed by atoms with Crippen molar-refractivity contribution in [3.8, 4) is 0 Å². The molecule has 3 heteroatoms. The van der Waals surface area contributed by atoms with Crippen molar-refractivity contribution < 1.29 is 4.79 Å². The predicted octanol–water partition coefficient (Wildman–Crippen LogP) is 3.71. The molecule has 0 aromatic heterocycles. The summed E-state index contributed by atoms with van der Waals surface area (Å²) in [6.45, 7) is 6.75. The molecule has 0 aliphatic heterocycles. The van der Waals surface area contributed by atoms with Crippen LogP contribution in [0.3, 0.4) is 0 Å². The van der Waals surface area contributed by atoms with Crippen molar-refractivity contribution in [2.75, 3.05) is 19.6 Å². The van der Waals surface area contributed by atoms with Gasteiger partial charge in [-0.05, 0) is 25.8 Å². The molecule has 19 heavy (non-hydrogen) atoms. The van der Waals surface area contributed by atoms with E-state index in [1.54, 1.807) is 0 Å². The molecule has 0 aliphatic rings. The molecule has 0 unspecified atom stereocenters. The minimum absolute atomic E-state index is 0.323. The van der Waals surface area contributed by atoms with Crippen molar-refractivity contribution in [3.63, 3.8) is 0 Å². The van der Waals surface area contributed by atoms with Crippen molar-refractivity contribution in [1.29, 1.82) is 0 Å². The maximum atomic E-state index is 12.1. The summed E-state index contributed by atoms with van der Waals surface area (Å²) in [6, 6.07) is 0. The van der Waals surface area contributed by atoms with Gasteiger partial charge in [0.2, 0.25) is 5.91 Å². The van der Waals surface area contributed by atoms with Crippen molar-refractivity contribution >= 4 is 5.91 Å². The molecule has 1 amide bonds. The average molecular weight is 270 g/mol. The molecule has 0 fully saturated rings. The lowest BCUT2D eigenvalue weighted by atomic mass is 10.1. The minimum atomic E-state index is 0.323. The number of unbranched alkanes of at least 4 members (excludes halogenated alkanes) is 6. The summed E-state index contributed by atoms with van der Waals surface area (Å²) in [7, 11) is 0. The van der Waals surface area contributed by atoms with Gasteiger partial charge in [-0.2, -0.15) is 0 Å². The predicted molar refractivity (Wildman–Crippen MR) is 83.2 cm³/mol. The van der Waals surface area contributed by atoms with Crippen LogP contribution in [-0.2, 0) is 4.79 Å². The maximum Gasteiger partial charge on any atom is 0.222 e. The number of carbonyl (C=O) groups excluding carboxylic acids is 1. The average Bonchev–Trinajstić information content (AvgIpc) is 2.42. The van der Waals surface area contributed by atoms with E-state index in [4.69, 9.17) is 5.73 Å². The second-order valence-corrected chi connectivity index (χ2v) is 5.39. The van der Waals surface area contributed by atoms with Gasteiger partial charge in [0.15, 0.2) is 0 Å². The fourth-order valence-electron chi connectivity index (χ4n) is 2.30. The van der Waals surface area contributed by atoms with E-state index in [0.29, 0.717) is 12.5 Å². The Morgan fingerprint density at radius 1 is 0.842 bits per heavy atom. The number of rotatable bonds is 13. The summed E-state index contributed by atoms with van der Waals surface area (Å²) < 4.78 is 0. The van der Waals surface area contributed by atoms with E-state index >= 15 is 0 Å². The van der Waals surface area contributed by atoms with E-state index in [2.05, 4.69) is 13.8 Å². The van der Waals surface area contributed by atoms with Crippen molar-refractivity contribution in [2.24, 2.45) is 5.73 Å². The molecule has 0 aromatic rings. The largest absolute Gasteiger partial charge is 0.343 e. The summed E-state index contributed by atoms with van der Waals surface area (Å²) >= 11 is 0. The molecular formula is C16H34N2O. The third kappa shape index (κ3) is 11.0. The molecular weight excluding hydrogens is 236 g/mol. The van der Waals surface area contributed by atoms with Crippen LogP contribution >= 0.6 is 0 Å². The first-order chi connectivity index (χ1) is 9.26. The Kier molecular flexibility index (Phi) is 13.4. The molecule has 0 heterocycles. The highest BCUT2D eigenvalue weighted by atomic mass is 16.2. The van der Waals surface area contributed by atoms with Gasteiger partial charge in [0.05, 0.1) is 0 Å². The number of nitrogens with two attached hydrogens (primary N) is 1. The van der Waals surface area contributed by atoms with E-state index in [1.165, 1.54) is 38.5 Å². The van der Waals surface area contributed by atoms with Crippen LogP contribution in [0.5, 0.6) is 0 Å². The summed E-state index contributed by atoms with van der Waals surface area (Å²) in [5, 5.41) is 0. The van der Waals surface area contributed by atoms with Crippen molar-refractivity contribution in [3.05, 3.63) is 0 Å². The van der Waals surface area contributed by atoms with E-state index < -0.39 is 0 Å². The van der Waals surface area contributed by atoms with Crippen LogP contribution in [0, 0.1) is 0 Å². The van der Waals surface area contributed by atoms with Gasteiger partial charge in [0.1, 0.15) is 0 Å². The fourth-order valence-corrected chi connectivity index (χ4v) is 2.30. The van der Waals surface area contributed by atoms with Crippen LogP contribution < -0.4 is 5.73 Å². The molecule has 2 N–H and O–H groups in total. The number of hydrogen-bond donors (Lipinski definition) is 1. The quantitative estimate of drug-likeness (QED) is 0.519. The van der Waals surface area contributed by atoms with Crippen molar-refractivity contribution in [1.82, 2.24) is 4.90 Å². The second kappa shape index (κ2) is 13.9. The smallest absolute Gasteiger partial charge is 0.222 e. The number of carbonyl (C=O) groups is 1. The van der Waals surface area contributed by atoms with Crippen LogP contribution in [0.2, 0.25) is 0 Å². The molecule has 0 radical (unpaired) electrons. The molecule has 114 valence electrons. The Morgan fingerprint density at radius 2 is 1.47 bits per heavy atom. The van der Waals surface area contributed by atoms with Gasteiger partial charge in [-0.15, -0.1) is 0 Å². The van der Waals surface area contributed by atoms with Crippen molar-refractivity contribution in [2.45, 2.75) is 78.1 Å². The molecule has 0 rings (SSSR count). The molecule has 0 saturated heterocycles. The van der Waals surface area contributed by atoms with Gasteiger partial charge in [-0.25, -0.2) is 0 Å². The summed E-state index contributed by atoms with van der Waals surface area (Å²) in [5.74, 6) is 0.323. The zero-order valence-electron chi connectivity index (χ0n) is 13.1. The van der Waals surface area contributed by atoms with Crippen LogP contribution in [0.15, 0.2) is 0 Å². The van der Waals surface area contributed by atoms with Crippen LogP contribution in [0.4, 0.5) is 0 Å². The number of nitrogens with zero attached hydrogens (tertiary/aromatic N) is 1. The fraction of sp³-hybridized carbons (Fsp3) is 0.938. The van der Waals surface area contributed by atoms with Gasteiger partial charge in [0, 0.05) is 19.5 Å². The SMILES string of the molecule is CCCCCCCCCC(=O)N(CCC)CCCN. The third-order valence-electron chi connectivity index (χ3n) is 3.47. The molecule has 3 nitrogen and oxygen atoms in total. The Bertz CT molecular complexity index is 207. The van der Waals surface area contributed by atoms with Crippen LogP contribution in [-0.4, -0.2) is 30.4 Å². The first-order valence-corrected chi connectivity index (χ1v) is 8.24. The van der Waals surface area contributed by atoms with Gasteiger partial charge < -0.3 is 10.6 Å². The Hall–Kier alpha value is -0.570. The topological polar surface area (TPSA) is 46.3 Å². The highest BCUT2D eigenvalue weighted by molar-refractivity contribution is 5.76. The lowest BCUT2D eigenvalue weighted by Crippen LogP contribution is -2.33. The molecule has 0 spiro atoms. The zero-order chi connectivity index (χ0) is 14.3. The summed E-state index contributed by atoms with van der Waals surface area (Å²) in [5.41, 5.74) is 5.51. The highest BCUT2D eigenvalue weighted by Crippen LogP contribution is 2.10. The number of amides is 1. The Morgan fingerprint density at radius 3 is 2.05 bits per heavy atom. The van der Waals surface area contributed by atoms with E-state index in [9.17, 15) is 4.79 Å². The lowest BCUT2D eigenvalue weighted by molar-refractivity contribution is -0.131. The molecule has 0 atom stereocenters. The zero-order valence-corrected chi connectivity index (χ0v) is 13.1. The summed E-state index contributed by atoms with van der Waals surface area (Å²) in [4.78, 5) is 14.0. The minimum Gasteiger partial charge on any atom is -0.343 e. The van der Waals surface area contributed by atoms with Crippen LogP contribution in [0.25, 0.3) is 0 Å². The Labute approximate surface area is 119 Å². The van der Waals surface area contributed by atoms with Gasteiger partial charge >= 0.3 is 0 Å². The van der Waals surface area contributed by atoms with E-state index in [1.807, 2.05) is 4.90 Å². The maximum absolute atomic E-state index is 12.1. The standard InChI is InChI=1S/C16H34N2O/c1-3-5-6-7-8-9-10-12-16(19)18(14-4-2)15-11-13-17/h3-15,17H2,1-2H3.